The highest BCUT2D eigenvalue weighted by Gasteiger charge is 2.25. The molecule has 1 aliphatic rings. The summed E-state index contributed by atoms with van der Waals surface area (Å²) in [5.74, 6) is -0.778. The van der Waals surface area contributed by atoms with Gasteiger partial charge in [0, 0.05) is 6.04 Å². The van der Waals surface area contributed by atoms with Crippen LogP contribution in [0.3, 0.4) is 0 Å². The van der Waals surface area contributed by atoms with Gasteiger partial charge >= 0.3 is 5.97 Å². The van der Waals surface area contributed by atoms with E-state index < -0.39 is 5.97 Å². The Kier molecular flexibility index (Phi) is 4.14. The Morgan fingerprint density at radius 3 is 2.61 bits per heavy atom. The van der Waals surface area contributed by atoms with Crippen LogP contribution in [0.4, 0.5) is 0 Å². The Hall–Kier alpha value is -2.63. The summed E-state index contributed by atoms with van der Waals surface area (Å²) in [6.45, 7) is 3.31. The number of carbonyl (C=O) groups is 2. The molecule has 0 radical (unpaired) electrons. The first-order chi connectivity index (χ1) is 11.1. The number of amides is 1. The number of esters is 1. The second-order valence-electron chi connectivity index (χ2n) is 5.71. The largest absolute Gasteiger partial charge is 0.452 e. The Morgan fingerprint density at radius 2 is 1.96 bits per heavy atom. The van der Waals surface area contributed by atoms with Crippen LogP contribution >= 0.6 is 0 Å². The van der Waals surface area contributed by atoms with Crippen LogP contribution in [0.25, 0.3) is 5.69 Å². The number of aryl methyl sites for hydroxylation is 1. The third kappa shape index (κ3) is 3.41. The van der Waals surface area contributed by atoms with Gasteiger partial charge in [-0.25, -0.2) is 9.48 Å². The molecule has 1 saturated carbocycles. The predicted octanol–water partition coefficient (Wildman–Crippen LogP) is 1.92. The van der Waals surface area contributed by atoms with Crippen LogP contribution < -0.4 is 5.32 Å². The molecule has 1 fully saturated rings. The van der Waals surface area contributed by atoms with Crippen molar-refractivity contribution in [3.63, 3.8) is 0 Å². The Bertz CT molecular complexity index is 733. The van der Waals surface area contributed by atoms with Crippen molar-refractivity contribution in [2.45, 2.75) is 32.7 Å². The maximum Gasteiger partial charge on any atom is 0.342 e. The fourth-order valence-electron chi connectivity index (χ4n) is 2.46. The summed E-state index contributed by atoms with van der Waals surface area (Å²) in [7, 11) is 0. The second kappa shape index (κ2) is 6.24. The highest BCUT2D eigenvalue weighted by Crippen LogP contribution is 2.19. The summed E-state index contributed by atoms with van der Waals surface area (Å²) >= 11 is 0. The van der Waals surface area contributed by atoms with E-state index in [4.69, 9.17) is 4.74 Å². The van der Waals surface area contributed by atoms with E-state index in [2.05, 4.69) is 10.4 Å². The number of hydrogen-bond acceptors (Lipinski definition) is 4. The average Bonchev–Trinajstić information content (AvgIpc) is 3.30. The van der Waals surface area contributed by atoms with Gasteiger partial charge in [0.25, 0.3) is 5.91 Å². The van der Waals surface area contributed by atoms with E-state index in [-0.39, 0.29) is 18.6 Å². The third-order valence-electron chi connectivity index (χ3n) is 3.77. The molecule has 0 unspecified atom stereocenters. The van der Waals surface area contributed by atoms with Crippen molar-refractivity contribution in [3.05, 3.63) is 47.3 Å². The minimum absolute atomic E-state index is 0.255. The summed E-state index contributed by atoms with van der Waals surface area (Å²) in [4.78, 5) is 23.9. The SMILES string of the molecule is Cc1nn(-c2ccccc2)c(C)c1C(=O)OCC(=O)NC1CC1. The Balaban J connectivity index is 1.73. The zero-order valence-electron chi connectivity index (χ0n) is 13.2. The lowest BCUT2D eigenvalue weighted by atomic mass is 10.2. The van der Waals surface area contributed by atoms with Gasteiger partial charge < -0.3 is 10.1 Å². The van der Waals surface area contributed by atoms with Crippen molar-refractivity contribution >= 4 is 11.9 Å². The molecule has 0 spiro atoms. The molecule has 0 saturated heterocycles. The Labute approximate surface area is 134 Å². The van der Waals surface area contributed by atoms with Gasteiger partial charge in [-0.2, -0.15) is 5.10 Å². The first-order valence-electron chi connectivity index (χ1n) is 7.64. The van der Waals surface area contributed by atoms with Gasteiger partial charge in [-0.3, -0.25) is 4.79 Å². The molecule has 1 aromatic carbocycles. The number of para-hydroxylation sites is 1. The first kappa shape index (κ1) is 15.3. The van der Waals surface area contributed by atoms with Crippen LogP contribution in [0, 0.1) is 13.8 Å². The summed E-state index contributed by atoms with van der Waals surface area (Å²) < 4.78 is 6.83. The number of nitrogens with one attached hydrogen (secondary N) is 1. The van der Waals surface area contributed by atoms with Crippen molar-refractivity contribution in [1.29, 1.82) is 0 Å². The maximum absolute atomic E-state index is 12.3. The van der Waals surface area contributed by atoms with Gasteiger partial charge in [0.2, 0.25) is 0 Å². The molecule has 0 atom stereocenters. The molecule has 1 N–H and O–H groups in total. The van der Waals surface area contributed by atoms with E-state index in [1.54, 1.807) is 11.6 Å². The zero-order chi connectivity index (χ0) is 16.4. The molecule has 2 aromatic rings. The molecular weight excluding hydrogens is 294 g/mol. The molecule has 23 heavy (non-hydrogen) atoms. The highest BCUT2D eigenvalue weighted by atomic mass is 16.5. The fraction of sp³-hybridized carbons (Fsp3) is 0.353. The number of ether oxygens (including phenoxy) is 1. The molecule has 1 amide bonds. The van der Waals surface area contributed by atoms with Crippen LogP contribution in [0.15, 0.2) is 30.3 Å². The lowest BCUT2D eigenvalue weighted by molar-refractivity contribution is -0.124. The van der Waals surface area contributed by atoms with E-state index in [1.165, 1.54) is 0 Å². The molecule has 0 aliphatic heterocycles. The number of carbonyl (C=O) groups excluding carboxylic acids is 2. The smallest absolute Gasteiger partial charge is 0.342 e. The third-order valence-corrected chi connectivity index (χ3v) is 3.77. The van der Waals surface area contributed by atoms with Crippen LogP contribution in [0.2, 0.25) is 0 Å². The van der Waals surface area contributed by atoms with E-state index >= 15 is 0 Å². The lowest BCUT2D eigenvalue weighted by Gasteiger charge is -2.06. The van der Waals surface area contributed by atoms with E-state index in [0.717, 1.165) is 18.5 Å². The molecule has 1 aliphatic carbocycles. The fourth-order valence-corrected chi connectivity index (χ4v) is 2.46. The molecule has 6 heteroatoms. The summed E-state index contributed by atoms with van der Waals surface area (Å²) in [5, 5.41) is 7.19. The number of benzene rings is 1. The second-order valence-corrected chi connectivity index (χ2v) is 5.71. The van der Waals surface area contributed by atoms with Crippen molar-refractivity contribution < 1.29 is 14.3 Å². The van der Waals surface area contributed by atoms with Gasteiger partial charge in [0.15, 0.2) is 6.61 Å². The van der Waals surface area contributed by atoms with Gasteiger partial charge in [0.1, 0.15) is 5.56 Å². The highest BCUT2D eigenvalue weighted by molar-refractivity contribution is 5.93. The summed E-state index contributed by atoms with van der Waals surface area (Å²) in [5.41, 5.74) is 2.56. The number of rotatable bonds is 5. The van der Waals surface area contributed by atoms with Gasteiger partial charge in [-0.05, 0) is 38.8 Å². The molecular formula is C17H19N3O3. The lowest BCUT2D eigenvalue weighted by Crippen LogP contribution is -2.30. The molecule has 1 aromatic heterocycles. The van der Waals surface area contributed by atoms with E-state index in [1.807, 2.05) is 37.3 Å². The van der Waals surface area contributed by atoms with Crippen molar-refractivity contribution in [1.82, 2.24) is 15.1 Å². The minimum atomic E-state index is -0.520. The van der Waals surface area contributed by atoms with Gasteiger partial charge in [-0.1, -0.05) is 18.2 Å². The van der Waals surface area contributed by atoms with Crippen molar-refractivity contribution in [2.75, 3.05) is 6.61 Å². The average molecular weight is 313 g/mol. The molecule has 3 rings (SSSR count). The molecule has 1 heterocycles. The summed E-state index contributed by atoms with van der Waals surface area (Å²) in [6.07, 6.45) is 2.00. The van der Waals surface area contributed by atoms with Crippen LogP contribution in [-0.2, 0) is 9.53 Å². The standard InChI is InChI=1S/C17H19N3O3/c1-11-16(17(22)23-10-15(21)18-13-8-9-13)12(2)20(19-11)14-6-4-3-5-7-14/h3-7,13H,8-10H2,1-2H3,(H,18,21). The van der Waals surface area contributed by atoms with E-state index in [0.29, 0.717) is 17.0 Å². The normalized spacial score (nSPS) is 13.7. The molecule has 6 nitrogen and oxygen atoms in total. The zero-order valence-corrected chi connectivity index (χ0v) is 13.2. The first-order valence-corrected chi connectivity index (χ1v) is 7.64. The number of hydrogen-bond donors (Lipinski definition) is 1. The van der Waals surface area contributed by atoms with Crippen LogP contribution in [0.1, 0.15) is 34.6 Å². The van der Waals surface area contributed by atoms with E-state index in [9.17, 15) is 9.59 Å². The minimum Gasteiger partial charge on any atom is -0.452 e. The van der Waals surface area contributed by atoms with Crippen LogP contribution in [0.5, 0.6) is 0 Å². The quantitative estimate of drug-likeness (QED) is 0.856. The maximum atomic E-state index is 12.3. The molecule has 0 bridgehead atoms. The van der Waals surface area contributed by atoms with Crippen molar-refractivity contribution in [3.8, 4) is 5.69 Å². The van der Waals surface area contributed by atoms with Gasteiger partial charge in [-0.15, -0.1) is 0 Å². The number of aromatic nitrogens is 2. The van der Waals surface area contributed by atoms with Crippen LogP contribution in [-0.4, -0.2) is 34.3 Å². The summed E-state index contributed by atoms with van der Waals surface area (Å²) in [6, 6.07) is 9.82. The predicted molar refractivity (Wildman–Crippen MR) is 84.5 cm³/mol. The van der Waals surface area contributed by atoms with Gasteiger partial charge in [0.05, 0.1) is 17.1 Å². The topological polar surface area (TPSA) is 73.2 Å². The monoisotopic (exact) mass is 313 g/mol. The number of nitrogens with zero attached hydrogens (tertiary/aromatic N) is 2. The molecule has 120 valence electrons. The Morgan fingerprint density at radius 1 is 1.26 bits per heavy atom. The van der Waals surface area contributed by atoms with Crippen molar-refractivity contribution in [2.24, 2.45) is 0 Å².